The van der Waals surface area contributed by atoms with Gasteiger partial charge in [-0.1, -0.05) is 60.7 Å². The second-order valence-electron chi connectivity index (χ2n) is 9.31. The smallest absolute Gasteiger partial charge is 0.246 e. The van der Waals surface area contributed by atoms with Gasteiger partial charge < -0.3 is 9.47 Å². The number of benzene rings is 4. The number of nitrogens with zero attached hydrogens (tertiary/aromatic N) is 1. The summed E-state index contributed by atoms with van der Waals surface area (Å²) in [5.74, 6) is 0.959. The van der Waals surface area contributed by atoms with E-state index in [2.05, 4.69) is 0 Å². The summed E-state index contributed by atoms with van der Waals surface area (Å²) in [7, 11) is 0. The summed E-state index contributed by atoms with van der Waals surface area (Å²) in [6.45, 7) is 0.744. The van der Waals surface area contributed by atoms with E-state index in [9.17, 15) is 9.18 Å². The van der Waals surface area contributed by atoms with Crippen LogP contribution < -0.4 is 14.4 Å². The second-order valence-corrected chi connectivity index (χ2v) is 9.31. The minimum atomic E-state index is -1.10. The van der Waals surface area contributed by atoms with E-state index in [1.807, 2.05) is 77.7 Å². The standard InChI is InChI=1S/C30H22FNO3/c31-22-11-12-25-23(16-22)30(18-35-27-17-26-21(13-14-34-26)15-24(27)30)29(33)32(25)28(19-7-3-1-4-8-19)20-9-5-2-6-10-20/h1-12,15-17,28H,13-14,18H2. The van der Waals surface area contributed by atoms with Gasteiger partial charge in [0.2, 0.25) is 5.91 Å². The normalized spacial score (nSPS) is 19.5. The minimum absolute atomic E-state index is 0.103. The number of carbonyl (C=O) groups excluding carboxylic acids is 1. The minimum Gasteiger partial charge on any atom is -0.493 e. The Kier molecular flexibility index (Phi) is 4.31. The predicted octanol–water partition coefficient (Wildman–Crippen LogP) is 5.58. The maximum Gasteiger partial charge on any atom is 0.246 e. The Morgan fingerprint density at radius 2 is 1.51 bits per heavy atom. The van der Waals surface area contributed by atoms with Crippen LogP contribution in [0.5, 0.6) is 11.5 Å². The van der Waals surface area contributed by atoms with Crippen molar-refractivity contribution in [3.05, 3.63) is 125 Å². The fourth-order valence-electron chi connectivity index (χ4n) is 5.83. The highest BCUT2D eigenvalue weighted by atomic mass is 19.1. The molecular weight excluding hydrogens is 441 g/mol. The summed E-state index contributed by atoms with van der Waals surface area (Å²) in [6.07, 6.45) is 0.781. The number of anilines is 1. The van der Waals surface area contributed by atoms with Crippen LogP contribution in [0.15, 0.2) is 91.0 Å². The van der Waals surface area contributed by atoms with Gasteiger partial charge in [0, 0.05) is 29.3 Å². The molecule has 0 saturated heterocycles. The number of rotatable bonds is 3. The molecule has 172 valence electrons. The number of ether oxygens (including phenoxy) is 2. The molecule has 4 aromatic rings. The average molecular weight is 464 g/mol. The molecule has 4 nitrogen and oxygen atoms in total. The van der Waals surface area contributed by atoms with Gasteiger partial charge in [0.25, 0.3) is 0 Å². The van der Waals surface area contributed by atoms with Crippen molar-refractivity contribution >= 4 is 11.6 Å². The number of amides is 1. The Balaban J connectivity index is 1.47. The number of fused-ring (bicyclic) bond motifs is 5. The third-order valence-electron chi connectivity index (χ3n) is 7.45. The third kappa shape index (κ3) is 2.81. The molecule has 1 amide bonds. The zero-order chi connectivity index (χ0) is 23.6. The molecule has 35 heavy (non-hydrogen) atoms. The third-order valence-corrected chi connectivity index (χ3v) is 7.45. The largest absolute Gasteiger partial charge is 0.493 e. The molecule has 0 fully saturated rings. The van der Waals surface area contributed by atoms with Crippen LogP contribution in [0.25, 0.3) is 0 Å². The van der Waals surface area contributed by atoms with Crippen LogP contribution in [0.2, 0.25) is 0 Å². The van der Waals surface area contributed by atoms with Gasteiger partial charge in [0.05, 0.1) is 12.6 Å². The summed E-state index contributed by atoms with van der Waals surface area (Å²) >= 11 is 0. The first kappa shape index (κ1) is 20.3. The molecule has 0 aliphatic carbocycles. The molecule has 1 atom stereocenters. The fraction of sp³-hybridized carbons (Fsp3) is 0.167. The monoisotopic (exact) mass is 463 g/mol. The highest BCUT2D eigenvalue weighted by Crippen LogP contribution is 2.56. The lowest BCUT2D eigenvalue weighted by molar-refractivity contribution is -0.122. The molecule has 7 rings (SSSR count). The summed E-state index contributed by atoms with van der Waals surface area (Å²) < 4.78 is 26.6. The Hall–Kier alpha value is -4.12. The van der Waals surface area contributed by atoms with Crippen molar-refractivity contribution in [3.63, 3.8) is 0 Å². The highest BCUT2D eigenvalue weighted by molar-refractivity contribution is 6.12. The number of carbonyl (C=O) groups is 1. The highest BCUT2D eigenvalue weighted by Gasteiger charge is 2.59. The first-order chi connectivity index (χ1) is 17.2. The Bertz CT molecular complexity index is 1430. The molecular formula is C30H22FNO3. The Morgan fingerprint density at radius 1 is 0.800 bits per heavy atom. The molecule has 0 aromatic heterocycles. The summed E-state index contributed by atoms with van der Waals surface area (Å²) in [6, 6.07) is 28.2. The van der Waals surface area contributed by atoms with Gasteiger partial charge in [-0.2, -0.15) is 0 Å². The second kappa shape index (κ2) is 7.44. The van der Waals surface area contributed by atoms with Crippen molar-refractivity contribution in [1.29, 1.82) is 0 Å². The molecule has 5 heteroatoms. The van der Waals surface area contributed by atoms with Crippen LogP contribution in [-0.2, 0) is 16.6 Å². The van der Waals surface area contributed by atoms with Crippen molar-refractivity contribution in [2.75, 3.05) is 18.1 Å². The Labute approximate surface area is 202 Å². The van der Waals surface area contributed by atoms with Crippen molar-refractivity contribution < 1.29 is 18.7 Å². The first-order valence-electron chi connectivity index (χ1n) is 11.8. The summed E-state index contributed by atoms with van der Waals surface area (Å²) in [5.41, 5.74) is 4.08. The van der Waals surface area contributed by atoms with Crippen LogP contribution in [0.3, 0.4) is 0 Å². The molecule has 3 aliphatic rings. The van der Waals surface area contributed by atoms with Gasteiger partial charge in [-0.05, 0) is 41.0 Å². The lowest BCUT2D eigenvalue weighted by Crippen LogP contribution is -2.44. The first-order valence-corrected chi connectivity index (χ1v) is 11.8. The van der Waals surface area contributed by atoms with Gasteiger partial charge in [-0.25, -0.2) is 4.39 Å². The van der Waals surface area contributed by atoms with Crippen LogP contribution in [0.1, 0.15) is 33.9 Å². The topological polar surface area (TPSA) is 38.8 Å². The van der Waals surface area contributed by atoms with E-state index in [-0.39, 0.29) is 24.4 Å². The zero-order valence-corrected chi connectivity index (χ0v) is 18.9. The lowest BCUT2D eigenvalue weighted by Gasteiger charge is -2.31. The molecule has 3 aliphatic heterocycles. The van der Waals surface area contributed by atoms with Crippen molar-refractivity contribution in [1.82, 2.24) is 0 Å². The summed E-state index contributed by atoms with van der Waals surface area (Å²) in [4.78, 5) is 16.5. The van der Waals surface area contributed by atoms with Gasteiger partial charge in [0.15, 0.2) is 0 Å². The maximum absolute atomic E-state index is 14.7. The van der Waals surface area contributed by atoms with E-state index < -0.39 is 5.41 Å². The molecule has 3 heterocycles. The van der Waals surface area contributed by atoms with Gasteiger partial charge >= 0.3 is 0 Å². The predicted molar refractivity (Wildman–Crippen MR) is 131 cm³/mol. The zero-order valence-electron chi connectivity index (χ0n) is 18.9. The van der Waals surface area contributed by atoms with E-state index in [1.165, 1.54) is 12.1 Å². The Morgan fingerprint density at radius 3 is 2.23 bits per heavy atom. The van der Waals surface area contributed by atoms with Crippen LogP contribution in [0, 0.1) is 5.82 Å². The van der Waals surface area contributed by atoms with Gasteiger partial charge in [-0.3, -0.25) is 9.69 Å². The van der Waals surface area contributed by atoms with Crippen molar-refractivity contribution in [2.24, 2.45) is 0 Å². The maximum atomic E-state index is 14.7. The van der Waals surface area contributed by atoms with Crippen LogP contribution >= 0.6 is 0 Å². The van der Waals surface area contributed by atoms with E-state index in [1.54, 1.807) is 6.07 Å². The lowest BCUT2D eigenvalue weighted by atomic mass is 9.76. The van der Waals surface area contributed by atoms with Gasteiger partial charge in [0.1, 0.15) is 29.3 Å². The van der Waals surface area contributed by atoms with E-state index in [4.69, 9.17) is 9.47 Å². The summed E-state index contributed by atoms with van der Waals surface area (Å²) in [5, 5.41) is 0. The number of hydrogen-bond acceptors (Lipinski definition) is 3. The van der Waals surface area contributed by atoms with E-state index >= 15 is 0 Å². The molecule has 0 saturated carbocycles. The molecule has 0 N–H and O–H groups in total. The molecule has 1 unspecified atom stereocenters. The van der Waals surface area contributed by atoms with Gasteiger partial charge in [-0.15, -0.1) is 0 Å². The average Bonchev–Trinajstić information content (AvgIpc) is 3.57. The molecule has 4 aromatic carbocycles. The van der Waals surface area contributed by atoms with Crippen LogP contribution in [0.4, 0.5) is 10.1 Å². The van der Waals surface area contributed by atoms with Crippen molar-refractivity contribution in [3.8, 4) is 11.5 Å². The molecule has 0 radical (unpaired) electrons. The van der Waals surface area contributed by atoms with Crippen molar-refractivity contribution in [2.45, 2.75) is 17.9 Å². The quantitative estimate of drug-likeness (QED) is 0.398. The number of halogens is 1. The van der Waals surface area contributed by atoms with E-state index in [0.717, 1.165) is 34.4 Å². The fourth-order valence-corrected chi connectivity index (χ4v) is 5.83. The van der Waals surface area contributed by atoms with E-state index in [0.29, 0.717) is 23.6 Å². The number of hydrogen-bond donors (Lipinski definition) is 0. The van der Waals surface area contributed by atoms with Crippen LogP contribution in [-0.4, -0.2) is 19.1 Å². The molecule has 0 bridgehead atoms. The molecule has 1 spiro atoms. The SMILES string of the molecule is O=C1N(C(c2ccccc2)c2ccccc2)c2ccc(F)cc2C12COc1cc3c(cc12)CCO3.